The average molecular weight is 400 g/mol. The van der Waals surface area contributed by atoms with Crippen molar-refractivity contribution in [2.24, 2.45) is 0 Å². The summed E-state index contributed by atoms with van der Waals surface area (Å²) in [6.45, 7) is 6.99. The molecule has 1 aromatic heterocycles. The molecule has 0 amide bonds. The van der Waals surface area contributed by atoms with Gasteiger partial charge >= 0.3 is 0 Å². The number of aryl methyl sites for hydroxylation is 1. The van der Waals surface area contributed by atoms with Crippen LogP contribution in [0.3, 0.4) is 0 Å². The molecule has 0 unspecified atom stereocenters. The Bertz CT molecular complexity index is 875. The Kier molecular flexibility index (Phi) is 6.96. The predicted molar refractivity (Wildman–Crippen MR) is 111 cm³/mol. The molecule has 0 aliphatic heterocycles. The molecule has 0 aliphatic rings. The maximum Gasteiger partial charge on any atom is 0.191 e. The molecule has 140 valence electrons. The van der Waals surface area contributed by atoms with Gasteiger partial charge in [-0.1, -0.05) is 60.6 Å². The van der Waals surface area contributed by atoms with Crippen LogP contribution >= 0.6 is 23.4 Å². The molecule has 2 aromatic carbocycles. The molecule has 4 nitrogen and oxygen atoms in total. The molecule has 0 bridgehead atoms. The number of benzene rings is 2. The largest absolute Gasteiger partial charge is 0.486 e. The lowest BCUT2D eigenvalue weighted by atomic mass is 10.2. The highest BCUT2D eigenvalue weighted by Crippen LogP contribution is 2.23. The van der Waals surface area contributed by atoms with Crippen molar-refractivity contribution in [2.75, 3.05) is 0 Å². The van der Waals surface area contributed by atoms with Crippen LogP contribution in [0, 0.1) is 0 Å². The van der Waals surface area contributed by atoms with Crippen LogP contribution in [0.25, 0.3) is 0 Å². The summed E-state index contributed by atoms with van der Waals surface area (Å²) < 4.78 is 7.92. The molecular formula is C21H22ClN3OS. The van der Waals surface area contributed by atoms with Gasteiger partial charge in [0.25, 0.3) is 0 Å². The zero-order chi connectivity index (χ0) is 19.1. The van der Waals surface area contributed by atoms with Gasteiger partial charge in [0.15, 0.2) is 11.0 Å². The summed E-state index contributed by atoms with van der Waals surface area (Å²) in [4.78, 5) is 0. The van der Waals surface area contributed by atoms with E-state index in [0.717, 1.165) is 33.9 Å². The third-order valence-corrected chi connectivity index (χ3v) is 5.38. The number of rotatable bonds is 9. The first-order chi connectivity index (χ1) is 13.2. The monoisotopic (exact) mass is 399 g/mol. The molecule has 0 saturated carbocycles. The molecule has 0 atom stereocenters. The fourth-order valence-corrected chi connectivity index (χ4v) is 3.59. The number of hydrogen-bond acceptors (Lipinski definition) is 4. The van der Waals surface area contributed by atoms with Crippen LogP contribution in [0.2, 0.25) is 5.02 Å². The zero-order valence-electron chi connectivity index (χ0n) is 15.3. The van der Waals surface area contributed by atoms with Crippen molar-refractivity contribution in [2.45, 2.75) is 37.4 Å². The Balaban J connectivity index is 1.66. The summed E-state index contributed by atoms with van der Waals surface area (Å²) in [6.07, 6.45) is 2.86. The first-order valence-corrected chi connectivity index (χ1v) is 10.2. The number of nitrogens with zero attached hydrogens (tertiary/aromatic N) is 3. The molecule has 27 heavy (non-hydrogen) atoms. The van der Waals surface area contributed by atoms with Crippen molar-refractivity contribution in [1.82, 2.24) is 14.8 Å². The third kappa shape index (κ3) is 5.37. The Morgan fingerprint density at radius 1 is 1.07 bits per heavy atom. The fraction of sp³-hybridized carbons (Fsp3) is 0.238. The molecule has 6 heteroatoms. The quantitative estimate of drug-likeness (QED) is 0.349. The third-order valence-electron chi connectivity index (χ3n) is 4.09. The van der Waals surface area contributed by atoms with Gasteiger partial charge in [-0.25, -0.2) is 0 Å². The van der Waals surface area contributed by atoms with Gasteiger partial charge in [0.05, 0.1) is 0 Å². The number of halogens is 1. The second-order valence-electron chi connectivity index (χ2n) is 6.00. The molecule has 0 fully saturated rings. The smallest absolute Gasteiger partial charge is 0.191 e. The minimum Gasteiger partial charge on any atom is -0.486 e. The van der Waals surface area contributed by atoms with Crippen LogP contribution < -0.4 is 4.74 Å². The lowest BCUT2D eigenvalue weighted by Gasteiger charge is -2.09. The first-order valence-electron chi connectivity index (χ1n) is 8.81. The SMILES string of the molecule is C=CCn1c(COc2ccc(CC)cc2)nnc1SCc1ccc(Cl)cc1. The van der Waals surface area contributed by atoms with E-state index in [4.69, 9.17) is 16.3 Å². The molecule has 3 aromatic rings. The summed E-state index contributed by atoms with van der Waals surface area (Å²) in [6, 6.07) is 16.0. The van der Waals surface area contributed by atoms with E-state index in [2.05, 4.69) is 35.8 Å². The summed E-state index contributed by atoms with van der Waals surface area (Å²) in [5.74, 6) is 2.41. The highest BCUT2D eigenvalue weighted by atomic mass is 35.5. The topological polar surface area (TPSA) is 39.9 Å². The minimum atomic E-state index is 0.369. The van der Waals surface area contributed by atoms with Crippen LogP contribution in [0.1, 0.15) is 23.9 Å². The molecule has 0 N–H and O–H groups in total. The number of allylic oxidation sites excluding steroid dienone is 1. The van der Waals surface area contributed by atoms with Gasteiger partial charge in [-0.3, -0.25) is 4.57 Å². The van der Waals surface area contributed by atoms with Crippen molar-refractivity contribution in [3.05, 3.63) is 83.2 Å². The van der Waals surface area contributed by atoms with Crippen molar-refractivity contribution >= 4 is 23.4 Å². The Morgan fingerprint density at radius 2 is 1.78 bits per heavy atom. The number of thioether (sulfide) groups is 1. The van der Waals surface area contributed by atoms with Gasteiger partial charge in [-0.15, -0.1) is 16.8 Å². The van der Waals surface area contributed by atoms with Crippen LogP contribution in [-0.2, 0) is 25.3 Å². The highest BCUT2D eigenvalue weighted by Gasteiger charge is 2.12. The number of hydrogen-bond donors (Lipinski definition) is 0. The molecular weight excluding hydrogens is 378 g/mol. The summed E-state index contributed by atoms with van der Waals surface area (Å²) in [7, 11) is 0. The van der Waals surface area contributed by atoms with Gasteiger partial charge in [-0.05, 0) is 41.8 Å². The highest BCUT2D eigenvalue weighted by molar-refractivity contribution is 7.98. The van der Waals surface area contributed by atoms with Gasteiger partial charge in [-0.2, -0.15) is 0 Å². The van der Waals surface area contributed by atoms with E-state index in [9.17, 15) is 0 Å². The minimum absolute atomic E-state index is 0.369. The van der Waals surface area contributed by atoms with E-state index in [0.29, 0.717) is 13.2 Å². The maximum absolute atomic E-state index is 5.94. The van der Waals surface area contributed by atoms with Crippen molar-refractivity contribution in [3.63, 3.8) is 0 Å². The average Bonchev–Trinajstić information content (AvgIpc) is 3.08. The zero-order valence-corrected chi connectivity index (χ0v) is 16.8. The maximum atomic E-state index is 5.94. The van der Waals surface area contributed by atoms with E-state index in [1.54, 1.807) is 11.8 Å². The van der Waals surface area contributed by atoms with E-state index in [1.807, 2.05) is 47.0 Å². The molecule has 1 heterocycles. The van der Waals surface area contributed by atoms with Crippen molar-refractivity contribution in [3.8, 4) is 5.75 Å². The van der Waals surface area contributed by atoms with E-state index in [1.165, 1.54) is 11.1 Å². The van der Waals surface area contributed by atoms with Crippen molar-refractivity contribution in [1.29, 1.82) is 0 Å². The van der Waals surface area contributed by atoms with Gasteiger partial charge in [0.2, 0.25) is 0 Å². The summed E-state index contributed by atoms with van der Waals surface area (Å²) in [5, 5.41) is 10.2. The number of aromatic nitrogens is 3. The van der Waals surface area contributed by atoms with E-state index >= 15 is 0 Å². The fourth-order valence-electron chi connectivity index (χ4n) is 2.54. The summed E-state index contributed by atoms with van der Waals surface area (Å²) in [5.41, 5.74) is 2.48. The van der Waals surface area contributed by atoms with E-state index < -0.39 is 0 Å². The van der Waals surface area contributed by atoms with Gasteiger partial charge in [0, 0.05) is 17.3 Å². The molecule has 3 rings (SSSR count). The lowest BCUT2D eigenvalue weighted by Crippen LogP contribution is -2.07. The van der Waals surface area contributed by atoms with Gasteiger partial charge in [0.1, 0.15) is 12.4 Å². The van der Waals surface area contributed by atoms with Crippen LogP contribution in [0.5, 0.6) is 5.75 Å². The van der Waals surface area contributed by atoms with Crippen molar-refractivity contribution < 1.29 is 4.74 Å². The first kappa shape index (κ1) is 19.5. The number of ether oxygens (including phenoxy) is 1. The lowest BCUT2D eigenvalue weighted by molar-refractivity contribution is 0.289. The molecule has 0 aliphatic carbocycles. The van der Waals surface area contributed by atoms with Crippen LogP contribution in [-0.4, -0.2) is 14.8 Å². The Morgan fingerprint density at radius 3 is 2.44 bits per heavy atom. The Labute approximate surface area is 169 Å². The Hall–Kier alpha value is -2.24. The second-order valence-corrected chi connectivity index (χ2v) is 7.38. The predicted octanol–water partition coefficient (Wildman–Crippen LogP) is 5.55. The normalized spacial score (nSPS) is 10.7. The molecule has 0 saturated heterocycles. The van der Waals surface area contributed by atoms with Gasteiger partial charge < -0.3 is 4.74 Å². The van der Waals surface area contributed by atoms with Crippen LogP contribution in [0.4, 0.5) is 0 Å². The molecule has 0 radical (unpaired) electrons. The van der Waals surface area contributed by atoms with Crippen LogP contribution in [0.15, 0.2) is 66.3 Å². The summed E-state index contributed by atoms with van der Waals surface area (Å²) >= 11 is 7.58. The standard InChI is InChI=1S/C21H22ClN3OS/c1-3-13-25-20(14-26-19-11-7-16(4-2)8-12-19)23-24-21(25)27-15-17-5-9-18(22)10-6-17/h3,5-12H,1,4,13-15H2,2H3. The van der Waals surface area contributed by atoms with E-state index in [-0.39, 0.29) is 0 Å². The molecule has 0 spiro atoms. The second kappa shape index (κ2) is 9.62.